The molecule has 11 nitrogen and oxygen atoms in total. The van der Waals surface area contributed by atoms with Gasteiger partial charge in [0.25, 0.3) is 5.89 Å². The molecule has 0 spiro atoms. The molecule has 2 aromatic carbocycles. The van der Waals surface area contributed by atoms with Gasteiger partial charge >= 0.3 is 6.09 Å². The van der Waals surface area contributed by atoms with Gasteiger partial charge in [0.2, 0.25) is 5.82 Å². The van der Waals surface area contributed by atoms with Crippen LogP contribution in [-0.4, -0.2) is 72.2 Å². The van der Waals surface area contributed by atoms with Crippen molar-refractivity contribution >= 4 is 11.8 Å². The lowest BCUT2D eigenvalue weighted by Gasteiger charge is -2.45. The monoisotopic (exact) mass is 566 g/mol. The predicted molar refractivity (Wildman–Crippen MR) is 153 cm³/mol. The van der Waals surface area contributed by atoms with Gasteiger partial charge in [0, 0.05) is 29.9 Å². The molecule has 41 heavy (non-hydrogen) atoms. The fraction of sp³-hybridized carbons (Fsp3) is 0.500. The van der Waals surface area contributed by atoms with Crippen molar-refractivity contribution in [2.24, 2.45) is 0 Å². The van der Waals surface area contributed by atoms with Crippen LogP contribution in [0.5, 0.6) is 11.5 Å². The molecular formula is C30H38N4O7. The second kappa shape index (κ2) is 12.0. The quantitative estimate of drug-likeness (QED) is 0.322. The van der Waals surface area contributed by atoms with Crippen LogP contribution in [0.3, 0.4) is 0 Å². The van der Waals surface area contributed by atoms with Crippen LogP contribution in [0.4, 0.5) is 10.5 Å². The highest BCUT2D eigenvalue weighted by Crippen LogP contribution is 2.38. The molecule has 0 unspecified atom stereocenters. The molecule has 2 aliphatic rings. The number of fused-ring (bicyclic) bond motifs is 1. The van der Waals surface area contributed by atoms with Crippen LogP contribution in [0, 0.1) is 0 Å². The SMILES string of the molecule is CCCOc1ccc(-c2nc(-c3cccc4c3CCN4CC3(NC(=O)O)COC(C)(C)OC3)no2)cc1OCCC. The highest BCUT2D eigenvalue weighted by atomic mass is 16.7. The number of nitrogens with zero attached hydrogens (tertiary/aromatic N) is 3. The van der Waals surface area contributed by atoms with E-state index in [4.69, 9.17) is 28.5 Å². The summed E-state index contributed by atoms with van der Waals surface area (Å²) in [5, 5.41) is 16.5. The molecule has 1 aromatic heterocycles. The number of nitrogens with one attached hydrogen (secondary N) is 1. The lowest BCUT2D eigenvalue weighted by molar-refractivity contribution is -0.268. The maximum Gasteiger partial charge on any atom is 0.405 e. The van der Waals surface area contributed by atoms with E-state index in [1.165, 1.54) is 0 Å². The number of benzene rings is 2. The fourth-order valence-electron chi connectivity index (χ4n) is 5.12. The highest BCUT2D eigenvalue weighted by Gasteiger charge is 2.43. The van der Waals surface area contributed by atoms with E-state index in [0.29, 0.717) is 49.5 Å². The molecule has 2 N–H and O–H groups in total. The molecule has 5 rings (SSSR count). The van der Waals surface area contributed by atoms with Gasteiger partial charge in [-0.1, -0.05) is 31.1 Å². The summed E-state index contributed by atoms with van der Waals surface area (Å²) < 4.78 is 29.2. The highest BCUT2D eigenvalue weighted by molar-refractivity contribution is 5.74. The summed E-state index contributed by atoms with van der Waals surface area (Å²) in [6.45, 7) is 10.5. The molecule has 0 aliphatic carbocycles. The molecule has 0 radical (unpaired) electrons. The number of hydrogen-bond donors (Lipinski definition) is 2. The topological polar surface area (TPSA) is 128 Å². The first-order valence-corrected chi connectivity index (χ1v) is 14.1. The van der Waals surface area contributed by atoms with Crippen molar-refractivity contribution in [3.8, 4) is 34.3 Å². The molecule has 0 bridgehead atoms. The molecule has 3 aromatic rings. The molecule has 3 heterocycles. The fourth-order valence-corrected chi connectivity index (χ4v) is 5.12. The van der Waals surface area contributed by atoms with Crippen LogP contribution in [0.1, 0.15) is 46.1 Å². The maximum absolute atomic E-state index is 11.7. The normalized spacial score (nSPS) is 17.2. The Bertz CT molecular complexity index is 1360. The van der Waals surface area contributed by atoms with E-state index in [1.54, 1.807) is 0 Å². The van der Waals surface area contributed by atoms with Gasteiger partial charge in [-0.3, -0.25) is 0 Å². The number of amides is 1. The van der Waals surface area contributed by atoms with Crippen molar-refractivity contribution < 1.29 is 33.4 Å². The first kappa shape index (κ1) is 28.7. The number of hydrogen-bond acceptors (Lipinski definition) is 9. The Kier molecular flexibility index (Phi) is 8.37. The third-order valence-corrected chi connectivity index (χ3v) is 7.16. The average Bonchev–Trinajstić information content (AvgIpc) is 3.60. The van der Waals surface area contributed by atoms with E-state index in [0.717, 1.165) is 41.6 Å². The Morgan fingerprint density at radius 2 is 1.80 bits per heavy atom. The number of carbonyl (C=O) groups is 1. The summed E-state index contributed by atoms with van der Waals surface area (Å²) in [6.07, 6.45) is 1.42. The smallest absolute Gasteiger partial charge is 0.405 e. The second-order valence-corrected chi connectivity index (χ2v) is 10.9. The Hall–Kier alpha value is -3.83. The van der Waals surface area contributed by atoms with Gasteiger partial charge in [0.05, 0.1) is 26.4 Å². The molecule has 220 valence electrons. The van der Waals surface area contributed by atoms with Crippen molar-refractivity contribution in [2.45, 2.75) is 58.3 Å². The molecule has 1 saturated heterocycles. The van der Waals surface area contributed by atoms with Gasteiger partial charge in [0.15, 0.2) is 17.3 Å². The number of carboxylic acid groups (broad SMARTS) is 1. The number of ether oxygens (including phenoxy) is 4. The lowest BCUT2D eigenvalue weighted by atomic mass is 9.99. The van der Waals surface area contributed by atoms with Crippen molar-refractivity contribution in [2.75, 3.05) is 44.4 Å². The van der Waals surface area contributed by atoms with Crippen LogP contribution in [0.25, 0.3) is 22.8 Å². The molecule has 1 amide bonds. The van der Waals surface area contributed by atoms with E-state index in [9.17, 15) is 9.90 Å². The average molecular weight is 567 g/mol. The van der Waals surface area contributed by atoms with Crippen LogP contribution in [-0.2, 0) is 15.9 Å². The Morgan fingerprint density at radius 3 is 2.51 bits per heavy atom. The Balaban J connectivity index is 1.38. The third kappa shape index (κ3) is 6.41. The van der Waals surface area contributed by atoms with Crippen LogP contribution in [0.15, 0.2) is 40.9 Å². The summed E-state index contributed by atoms with van der Waals surface area (Å²) in [7, 11) is 0. The van der Waals surface area contributed by atoms with E-state index in [-0.39, 0.29) is 13.2 Å². The summed E-state index contributed by atoms with van der Waals surface area (Å²) in [6, 6.07) is 11.6. The standard InChI is InChI=1S/C30H38N4O7/c1-5-14-37-24-11-10-20(16-25(24)38-15-6-2)27-31-26(33-41-27)22-8-7-9-23-21(22)12-13-34(23)17-30(32-28(35)36)18-39-29(3,4)40-19-30/h7-11,16,32H,5-6,12-15,17-19H2,1-4H3,(H,35,36). The summed E-state index contributed by atoms with van der Waals surface area (Å²) in [4.78, 5) is 18.6. The first-order chi connectivity index (χ1) is 19.7. The van der Waals surface area contributed by atoms with Crippen molar-refractivity contribution in [3.05, 3.63) is 42.0 Å². The number of aromatic nitrogens is 2. The van der Waals surface area contributed by atoms with Crippen LogP contribution in [0.2, 0.25) is 0 Å². The van der Waals surface area contributed by atoms with Crippen molar-refractivity contribution in [1.29, 1.82) is 0 Å². The van der Waals surface area contributed by atoms with Gasteiger partial charge in [-0.05, 0) is 62.9 Å². The van der Waals surface area contributed by atoms with Gasteiger partial charge in [-0.25, -0.2) is 4.79 Å². The Morgan fingerprint density at radius 1 is 1.07 bits per heavy atom. The van der Waals surface area contributed by atoms with Gasteiger partial charge in [-0.2, -0.15) is 4.98 Å². The van der Waals surface area contributed by atoms with E-state index in [1.807, 2.05) is 50.2 Å². The van der Waals surface area contributed by atoms with Crippen LogP contribution >= 0.6 is 0 Å². The zero-order chi connectivity index (χ0) is 29.0. The van der Waals surface area contributed by atoms with Gasteiger partial charge < -0.3 is 38.8 Å². The number of rotatable bonds is 11. The summed E-state index contributed by atoms with van der Waals surface area (Å²) >= 11 is 0. The first-order valence-electron chi connectivity index (χ1n) is 14.1. The minimum atomic E-state index is -1.11. The van der Waals surface area contributed by atoms with Crippen molar-refractivity contribution in [3.63, 3.8) is 0 Å². The minimum Gasteiger partial charge on any atom is -0.490 e. The molecule has 2 aliphatic heterocycles. The molecule has 0 saturated carbocycles. The zero-order valence-electron chi connectivity index (χ0n) is 24.1. The van der Waals surface area contributed by atoms with E-state index in [2.05, 4.69) is 29.2 Å². The summed E-state index contributed by atoms with van der Waals surface area (Å²) in [5.41, 5.74) is 2.80. The Labute approximate surface area is 239 Å². The molecule has 1 fully saturated rings. The molecular weight excluding hydrogens is 528 g/mol. The second-order valence-electron chi connectivity index (χ2n) is 10.9. The largest absolute Gasteiger partial charge is 0.490 e. The lowest BCUT2D eigenvalue weighted by Crippen LogP contribution is -2.65. The summed E-state index contributed by atoms with van der Waals surface area (Å²) in [5.74, 6) is 1.46. The van der Waals surface area contributed by atoms with Gasteiger partial charge in [0.1, 0.15) is 5.54 Å². The maximum atomic E-state index is 11.7. The zero-order valence-corrected chi connectivity index (χ0v) is 24.1. The van der Waals surface area contributed by atoms with Crippen LogP contribution < -0.4 is 19.7 Å². The van der Waals surface area contributed by atoms with E-state index >= 15 is 0 Å². The predicted octanol–water partition coefficient (Wildman–Crippen LogP) is 5.13. The minimum absolute atomic E-state index is 0.207. The van der Waals surface area contributed by atoms with Gasteiger partial charge in [-0.15, -0.1) is 0 Å². The van der Waals surface area contributed by atoms with E-state index < -0.39 is 17.4 Å². The molecule has 11 heteroatoms. The van der Waals surface area contributed by atoms with Crippen molar-refractivity contribution in [1.82, 2.24) is 15.5 Å². The molecule has 0 atom stereocenters. The third-order valence-electron chi connectivity index (χ3n) is 7.16. The number of anilines is 1.